The van der Waals surface area contributed by atoms with Crippen LogP contribution in [0.3, 0.4) is 0 Å². The summed E-state index contributed by atoms with van der Waals surface area (Å²) < 4.78 is 5.92. The Hall–Kier alpha value is -3.88. The Bertz CT molecular complexity index is 1450. The summed E-state index contributed by atoms with van der Waals surface area (Å²) in [6, 6.07) is 38.8. The van der Waals surface area contributed by atoms with Crippen LogP contribution in [0.1, 0.15) is 16.7 Å². The molecule has 0 heterocycles. The molecule has 0 N–H and O–H groups in total. The number of ether oxygens (including phenoxy) is 1. The SMILES string of the molecule is CN(C)CCOc1ccc(/C(=C/c2ccc3ccccc3c2)c2ccc3ccccc3c2)cc1. The highest BCUT2D eigenvalue weighted by atomic mass is 16.5. The lowest BCUT2D eigenvalue weighted by atomic mass is 9.93. The predicted molar refractivity (Wildman–Crippen MR) is 145 cm³/mol. The van der Waals surface area contributed by atoms with Crippen LogP contribution in [-0.2, 0) is 0 Å². The second-order valence-corrected chi connectivity index (χ2v) is 8.90. The first kappa shape index (κ1) is 21.9. The van der Waals surface area contributed by atoms with Gasteiger partial charge in [0.1, 0.15) is 12.4 Å². The van der Waals surface area contributed by atoms with Gasteiger partial charge in [-0.25, -0.2) is 0 Å². The summed E-state index contributed by atoms with van der Waals surface area (Å²) in [6.45, 7) is 1.57. The molecule has 2 heteroatoms. The molecule has 168 valence electrons. The summed E-state index contributed by atoms with van der Waals surface area (Å²) in [4.78, 5) is 2.12. The molecule has 0 amide bonds. The minimum Gasteiger partial charge on any atom is -0.492 e. The van der Waals surface area contributed by atoms with Crippen LogP contribution >= 0.6 is 0 Å². The molecule has 0 radical (unpaired) electrons. The Kier molecular flexibility index (Phi) is 6.42. The molecule has 0 aliphatic carbocycles. The fourth-order valence-corrected chi connectivity index (χ4v) is 4.23. The molecular weight excluding hydrogens is 414 g/mol. The van der Waals surface area contributed by atoms with Crippen molar-refractivity contribution in [1.82, 2.24) is 4.90 Å². The summed E-state index contributed by atoms with van der Waals surface area (Å²) >= 11 is 0. The molecule has 34 heavy (non-hydrogen) atoms. The molecule has 5 rings (SSSR count). The van der Waals surface area contributed by atoms with Crippen molar-refractivity contribution < 1.29 is 4.74 Å². The lowest BCUT2D eigenvalue weighted by molar-refractivity contribution is 0.261. The molecule has 0 bridgehead atoms. The molecule has 0 aliphatic heterocycles. The van der Waals surface area contributed by atoms with Crippen molar-refractivity contribution in [2.24, 2.45) is 0 Å². The van der Waals surface area contributed by atoms with E-state index in [9.17, 15) is 0 Å². The number of hydrogen-bond acceptors (Lipinski definition) is 2. The second-order valence-electron chi connectivity index (χ2n) is 8.90. The number of likely N-dealkylation sites (N-methyl/N-ethyl adjacent to an activating group) is 1. The van der Waals surface area contributed by atoms with Gasteiger partial charge in [-0.05, 0) is 88.2 Å². The van der Waals surface area contributed by atoms with Crippen LogP contribution < -0.4 is 4.74 Å². The van der Waals surface area contributed by atoms with Crippen molar-refractivity contribution in [1.29, 1.82) is 0 Å². The monoisotopic (exact) mass is 443 g/mol. The van der Waals surface area contributed by atoms with Crippen LogP contribution in [0.4, 0.5) is 0 Å². The third-order valence-electron chi connectivity index (χ3n) is 6.12. The van der Waals surface area contributed by atoms with Gasteiger partial charge in [0, 0.05) is 6.54 Å². The zero-order chi connectivity index (χ0) is 23.3. The van der Waals surface area contributed by atoms with Crippen LogP contribution in [0.5, 0.6) is 5.75 Å². The highest BCUT2D eigenvalue weighted by molar-refractivity contribution is 5.96. The van der Waals surface area contributed by atoms with Crippen LogP contribution in [0.15, 0.2) is 109 Å². The van der Waals surface area contributed by atoms with Gasteiger partial charge in [-0.3, -0.25) is 0 Å². The molecule has 0 aliphatic rings. The maximum atomic E-state index is 5.92. The Balaban J connectivity index is 1.55. The van der Waals surface area contributed by atoms with E-state index in [2.05, 4.69) is 134 Å². The third-order valence-corrected chi connectivity index (χ3v) is 6.12. The number of benzene rings is 5. The van der Waals surface area contributed by atoms with E-state index in [1.54, 1.807) is 0 Å². The first-order valence-corrected chi connectivity index (χ1v) is 11.7. The second kappa shape index (κ2) is 9.94. The quantitative estimate of drug-likeness (QED) is 0.241. The minimum atomic E-state index is 0.677. The fraction of sp³-hybridized carbons (Fsp3) is 0.125. The van der Waals surface area contributed by atoms with Gasteiger partial charge in [-0.2, -0.15) is 0 Å². The van der Waals surface area contributed by atoms with Gasteiger partial charge in [-0.1, -0.05) is 84.9 Å². The highest BCUT2D eigenvalue weighted by Crippen LogP contribution is 2.30. The normalized spacial score (nSPS) is 11.9. The van der Waals surface area contributed by atoms with Crippen LogP contribution in [0.2, 0.25) is 0 Å². The van der Waals surface area contributed by atoms with Crippen LogP contribution in [-0.4, -0.2) is 32.1 Å². The lowest BCUT2D eigenvalue weighted by Gasteiger charge is -2.13. The Labute approximate surface area is 201 Å². The largest absolute Gasteiger partial charge is 0.492 e. The van der Waals surface area contributed by atoms with Gasteiger partial charge in [-0.15, -0.1) is 0 Å². The zero-order valence-electron chi connectivity index (χ0n) is 19.7. The summed E-state index contributed by atoms with van der Waals surface area (Å²) in [5.41, 5.74) is 4.76. The van der Waals surface area contributed by atoms with Gasteiger partial charge in [0.05, 0.1) is 0 Å². The van der Waals surface area contributed by atoms with Crippen molar-refractivity contribution in [2.45, 2.75) is 0 Å². The zero-order valence-corrected chi connectivity index (χ0v) is 19.7. The molecular formula is C32H29NO. The van der Waals surface area contributed by atoms with Gasteiger partial charge in [0.25, 0.3) is 0 Å². The Morgan fingerprint density at radius 1 is 0.647 bits per heavy atom. The Morgan fingerprint density at radius 3 is 1.91 bits per heavy atom. The number of fused-ring (bicyclic) bond motifs is 2. The molecule has 0 saturated carbocycles. The molecule has 0 atom stereocenters. The van der Waals surface area contributed by atoms with Crippen molar-refractivity contribution in [2.75, 3.05) is 27.2 Å². The molecule has 0 fully saturated rings. The predicted octanol–water partition coefficient (Wildman–Crippen LogP) is 7.52. The van der Waals surface area contributed by atoms with E-state index in [-0.39, 0.29) is 0 Å². The maximum Gasteiger partial charge on any atom is 0.119 e. The summed E-state index contributed by atoms with van der Waals surface area (Å²) in [5, 5.41) is 5.00. The standard InChI is InChI=1S/C32H29NO/c1-33(2)19-20-34-31-17-15-27(16-18-31)32(30-14-13-26-8-4-6-10-29(26)23-30)22-24-11-12-25-7-3-5-9-28(25)21-24/h3-18,21-23H,19-20H2,1-2H3/b32-22-. The summed E-state index contributed by atoms with van der Waals surface area (Å²) in [6.07, 6.45) is 2.29. The van der Waals surface area contributed by atoms with E-state index in [4.69, 9.17) is 4.74 Å². The van der Waals surface area contributed by atoms with Gasteiger partial charge in [0.15, 0.2) is 0 Å². The molecule has 0 aromatic heterocycles. The molecule has 0 saturated heterocycles. The first-order valence-electron chi connectivity index (χ1n) is 11.7. The van der Waals surface area contributed by atoms with Gasteiger partial charge < -0.3 is 9.64 Å². The molecule has 5 aromatic carbocycles. The van der Waals surface area contributed by atoms with Crippen LogP contribution in [0, 0.1) is 0 Å². The van der Waals surface area contributed by atoms with Crippen molar-refractivity contribution in [3.63, 3.8) is 0 Å². The van der Waals surface area contributed by atoms with E-state index < -0.39 is 0 Å². The van der Waals surface area contributed by atoms with Crippen molar-refractivity contribution >= 4 is 33.2 Å². The lowest BCUT2D eigenvalue weighted by Crippen LogP contribution is -2.19. The van der Waals surface area contributed by atoms with E-state index >= 15 is 0 Å². The summed E-state index contributed by atoms with van der Waals surface area (Å²) in [5.74, 6) is 0.897. The first-order chi connectivity index (χ1) is 16.7. The number of hydrogen-bond donors (Lipinski definition) is 0. The summed E-state index contributed by atoms with van der Waals surface area (Å²) in [7, 11) is 4.11. The average molecular weight is 444 g/mol. The van der Waals surface area contributed by atoms with E-state index in [0.717, 1.165) is 12.3 Å². The van der Waals surface area contributed by atoms with Gasteiger partial charge in [0.2, 0.25) is 0 Å². The molecule has 2 nitrogen and oxygen atoms in total. The van der Waals surface area contributed by atoms with Crippen molar-refractivity contribution in [3.05, 3.63) is 126 Å². The molecule has 0 spiro atoms. The van der Waals surface area contributed by atoms with E-state index in [1.165, 1.54) is 43.8 Å². The number of nitrogens with zero attached hydrogens (tertiary/aromatic N) is 1. The van der Waals surface area contributed by atoms with E-state index in [0.29, 0.717) is 6.61 Å². The smallest absolute Gasteiger partial charge is 0.119 e. The topological polar surface area (TPSA) is 12.5 Å². The highest BCUT2D eigenvalue weighted by Gasteiger charge is 2.08. The Morgan fingerprint density at radius 2 is 1.24 bits per heavy atom. The average Bonchev–Trinajstić information content (AvgIpc) is 2.87. The maximum absolute atomic E-state index is 5.92. The minimum absolute atomic E-state index is 0.677. The number of rotatable bonds is 7. The molecule has 0 unspecified atom stereocenters. The van der Waals surface area contributed by atoms with Crippen LogP contribution in [0.25, 0.3) is 33.2 Å². The van der Waals surface area contributed by atoms with Gasteiger partial charge >= 0.3 is 0 Å². The third kappa shape index (κ3) is 5.03. The fourth-order valence-electron chi connectivity index (χ4n) is 4.23. The van der Waals surface area contributed by atoms with E-state index in [1.807, 2.05) is 0 Å². The molecule has 5 aromatic rings. The van der Waals surface area contributed by atoms with Crippen molar-refractivity contribution in [3.8, 4) is 5.75 Å².